The number of nitrogens with zero attached hydrogens (tertiary/aromatic N) is 4. The molecule has 0 aliphatic carbocycles. The monoisotopic (exact) mass is 255 g/mol. The third-order valence-corrected chi connectivity index (χ3v) is 2.82. The van der Waals surface area contributed by atoms with Crippen molar-refractivity contribution in [2.24, 2.45) is 5.73 Å². The van der Waals surface area contributed by atoms with E-state index in [-0.39, 0.29) is 29.8 Å². The summed E-state index contributed by atoms with van der Waals surface area (Å²) in [5.41, 5.74) is 6.68. The van der Waals surface area contributed by atoms with Crippen LogP contribution in [0.25, 0.3) is 0 Å². The van der Waals surface area contributed by atoms with Crippen LogP contribution in [0.2, 0.25) is 0 Å². The molecule has 5 nitrogen and oxygen atoms in total. The maximum absolute atomic E-state index is 12.9. The van der Waals surface area contributed by atoms with Gasteiger partial charge in [-0.05, 0) is 17.7 Å². The van der Waals surface area contributed by atoms with E-state index in [1.54, 1.807) is 12.1 Å². The fourth-order valence-electron chi connectivity index (χ4n) is 1.89. The molecule has 1 aromatic carbocycles. The number of imidazole rings is 1. The third-order valence-electron chi connectivity index (χ3n) is 2.82. The summed E-state index contributed by atoms with van der Waals surface area (Å²) in [5, 5.41) is 18.0. The minimum atomic E-state index is -0.357. The fourth-order valence-corrected chi connectivity index (χ4v) is 1.89. The van der Waals surface area contributed by atoms with Crippen LogP contribution in [0.15, 0.2) is 30.6 Å². The molecule has 94 valence electrons. The van der Waals surface area contributed by atoms with E-state index in [9.17, 15) is 4.39 Å². The summed E-state index contributed by atoms with van der Waals surface area (Å²) in [5.74, 6) is -0.344. The molecule has 0 fully saturated rings. The number of aromatic nitrogens is 2. The van der Waals surface area contributed by atoms with Gasteiger partial charge in [0.15, 0.2) is 11.4 Å². The molecule has 1 heterocycles. The van der Waals surface area contributed by atoms with Crippen LogP contribution in [0.4, 0.5) is 4.39 Å². The Morgan fingerprint density at radius 2 is 1.95 bits per heavy atom. The summed E-state index contributed by atoms with van der Waals surface area (Å²) < 4.78 is 14.4. The summed E-state index contributed by atoms with van der Waals surface area (Å²) in [7, 11) is 0. The molecule has 0 bridgehead atoms. The minimum absolute atomic E-state index is 0.0584. The van der Waals surface area contributed by atoms with Crippen molar-refractivity contribution in [3.05, 3.63) is 53.4 Å². The second kappa shape index (κ2) is 5.30. The molecule has 2 N–H and O–H groups in total. The van der Waals surface area contributed by atoms with Crippen LogP contribution in [0.5, 0.6) is 0 Å². The zero-order valence-corrected chi connectivity index (χ0v) is 9.92. The van der Waals surface area contributed by atoms with Crippen LogP contribution in [0, 0.1) is 28.5 Å². The van der Waals surface area contributed by atoms with E-state index in [4.69, 9.17) is 16.3 Å². The quantitative estimate of drug-likeness (QED) is 0.895. The highest BCUT2D eigenvalue weighted by atomic mass is 19.1. The third kappa shape index (κ3) is 2.30. The Bertz CT molecular complexity index is 660. The Balaban J connectivity index is 2.49. The molecule has 1 aromatic heterocycles. The van der Waals surface area contributed by atoms with Crippen LogP contribution in [0.1, 0.15) is 23.0 Å². The molecule has 19 heavy (non-hydrogen) atoms. The first kappa shape index (κ1) is 12.7. The minimum Gasteiger partial charge on any atom is -0.328 e. The van der Waals surface area contributed by atoms with Crippen LogP contribution in [-0.2, 0) is 0 Å². The van der Waals surface area contributed by atoms with Crippen molar-refractivity contribution in [1.82, 2.24) is 9.55 Å². The van der Waals surface area contributed by atoms with Crippen molar-refractivity contribution >= 4 is 0 Å². The zero-order chi connectivity index (χ0) is 13.8. The molecule has 2 aromatic rings. The topological polar surface area (TPSA) is 91.4 Å². The van der Waals surface area contributed by atoms with Gasteiger partial charge in [0, 0.05) is 6.54 Å². The summed E-state index contributed by atoms with van der Waals surface area (Å²) in [6, 6.07) is 9.28. The smallest absolute Gasteiger partial charge is 0.176 e. The van der Waals surface area contributed by atoms with E-state index >= 15 is 0 Å². The van der Waals surface area contributed by atoms with E-state index in [1.165, 1.54) is 23.0 Å². The largest absolute Gasteiger partial charge is 0.328 e. The van der Waals surface area contributed by atoms with Crippen molar-refractivity contribution in [3.63, 3.8) is 0 Å². The number of halogens is 1. The van der Waals surface area contributed by atoms with Crippen molar-refractivity contribution in [2.75, 3.05) is 6.54 Å². The van der Waals surface area contributed by atoms with Gasteiger partial charge in [-0.3, -0.25) is 0 Å². The molecule has 2 rings (SSSR count). The Kier molecular flexibility index (Phi) is 3.56. The van der Waals surface area contributed by atoms with Gasteiger partial charge >= 0.3 is 0 Å². The van der Waals surface area contributed by atoms with Crippen molar-refractivity contribution < 1.29 is 4.39 Å². The standard InChI is InChI=1S/C13H10FN5/c14-10-3-1-9(2-4-10)12(6-16)19-8-18-11(5-15)13(19)7-17/h1-4,8,12H,6,16H2. The van der Waals surface area contributed by atoms with E-state index in [2.05, 4.69) is 4.98 Å². The molecule has 1 unspecified atom stereocenters. The number of hydrogen-bond acceptors (Lipinski definition) is 4. The van der Waals surface area contributed by atoms with Gasteiger partial charge in [-0.1, -0.05) is 12.1 Å². The van der Waals surface area contributed by atoms with Gasteiger partial charge in [0.1, 0.15) is 18.0 Å². The molecule has 1 atom stereocenters. The summed E-state index contributed by atoms with van der Waals surface area (Å²) >= 11 is 0. The van der Waals surface area contributed by atoms with Gasteiger partial charge in [-0.25, -0.2) is 9.37 Å². The number of nitriles is 2. The molecule has 0 saturated heterocycles. The average Bonchev–Trinajstić information content (AvgIpc) is 2.84. The lowest BCUT2D eigenvalue weighted by atomic mass is 10.1. The highest BCUT2D eigenvalue weighted by molar-refractivity contribution is 5.38. The Morgan fingerprint density at radius 3 is 2.47 bits per heavy atom. The predicted octanol–water partition coefficient (Wildman–Crippen LogP) is 1.31. The highest BCUT2D eigenvalue weighted by Crippen LogP contribution is 2.20. The number of rotatable bonds is 3. The first-order valence-electron chi connectivity index (χ1n) is 5.53. The maximum Gasteiger partial charge on any atom is 0.176 e. The predicted molar refractivity (Wildman–Crippen MR) is 65.3 cm³/mol. The van der Waals surface area contributed by atoms with Crippen molar-refractivity contribution in [2.45, 2.75) is 6.04 Å². The molecular weight excluding hydrogens is 245 g/mol. The molecule has 0 amide bonds. The number of benzene rings is 1. The SMILES string of the molecule is N#Cc1ncn(C(CN)c2ccc(F)cc2)c1C#N. The average molecular weight is 255 g/mol. The lowest BCUT2D eigenvalue weighted by Gasteiger charge is -2.17. The molecule has 6 heteroatoms. The van der Waals surface area contributed by atoms with Gasteiger partial charge in [0.2, 0.25) is 0 Å². The Labute approximate surface area is 109 Å². The lowest BCUT2D eigenvalue weighted by Crippen LogP contribution is -2.21. The maximum atomic E-state index is 12.9. The molecule has 0 saturated carbocycles. The second-order valence-corrected chi connectivity index (χ2v) is 3.88. The van der Waals surface area contributed by atoms with Gasteiger partial charge in [-0.15, -0.1) is 0 Å². The van der Waals surface area contributed by atoms with Gasteiger partial charge in [-0.2, -0.15) is 10.5 Å². The second-order valence-electron chi connectivity index (χ2n) is 3.88. The van der Waals surface area contributed by atoms with Crippen molar-refractivity contribution in [3.8, 4) is 12.1 Å². The molecular formula is C13H10FN5. The molecule has 0 aliphatic heterocycles. The van der Waals surface area contributed by atoms with E-state index in [0.717, 1.165) is 5.56 Å². The first-order chi connectivity index (χ1) is 9.21. The normalized spacial score (nSPS) is 11.6. The fraction of sp³-hybridized carbons (Fsp3) is 0.154. The Hall–Kier alpha value is -2.70. The number of hydrogen-bond donors (Lipinski definition) is 1. The van der Waals surface area contributed by atoms with E-state index < -0.39 is 0 Å². The lowest BCUT2D eigenvalue weighted by molar-refractivity contribution is 0.583. The van der Waals surface area contributed by atoms with Crippen LogP contribution in [-0.4, -0.2) is 16.1 Å². The number of nitrogens with two attached hydrogens (primary N) is 1. The molecule has 0 spiro atoms. The van der Waals surface area contributed by atoms with E-state index in [0.29, 0.717) is 0 Å². The summed E-state index contributed by atoms with van der Waals surface area (Å²) in [4.78, 5) is 3.87. The van der Waals surface area contributed by atoms with Crippen molar-refractivity contribution in [1.29, 1.82) is 10.5 Å². The van der Waals surface area contributed by atoms with E-state index in [1.807, 2.05) is 12.1 Å². The summed E-state index contributed by atoms with van der Waals surface area (Å²) in [6.45, 7) is 0.210. The van der Waals surface area contributed by atoms with Gasteiger partial charge in [0.05, 0.1) is 12.4 Å². The van der Waals surface area contributed by atoms with Gasteiger partial charge < -0.3 is 10.3 Å². The summed E-state index contributed by atoms with van der Waals surface area (Å²) in [6.07, 6.45) is 1.40. The highest BCUT2D eigenvalue weighted by Gasteiger charge is 2.18. The van der Waals surface area contributed by atoms with Crippen LogP contribution >= 0.6 is 0 Å². The molecule has 0 aliphatic rings. The first-order valence-corrected chi connectivity index (χ1v) is 5.53. The molecule has 0 radical (unpaired) electrons. The van der Waals surface area contributed by atoms with Crippen LogP contribution in [0.3, 0.4) is 0 Å². The van der Waals surface area contributed by atoms with Gasteiger partial charge in [0.25, 0.3) is 0 Å². The van der Waals surface area contributed by atoms with Crippen LogP contribution < -0.4 is 5.73 Å². The zero-order valence-electron chi connectivity index (χ0n) is 9.92. The Morgan fingerprint density at radius 1 is 1.26 bits per heavy atom.